The van der Waals surface area contributed by atoms with E-state index in [0.717, 1.165) is 51.3 Å². The van der Waals surface area contributed by atoms with Gasteiger partial charge in [0.25, 0.3) is 0 Å². The van der Waals surface area contributed by atoms with Crippen molar-refractivity contribution in [1.29, 1.82) is 0 Å². The summed E-state index contributed by atoms with van der Waals surface area (Å²) in [4.78, 5) is 14.9. The molecule has 1 fully saturated rings. The molecule has 1 saturated heterocycles. The van der Waals surface area contributed by atoms with E-state index in [9.17, 15) is 4.79 Å². The molecule has 1 aliphatic rings. The predicted octanol–water partition coefficient (Wildman–Crippen LogP) is 6.29. The fourth-order valence-corrected chi connectivity index (χ4v) is 3.73. The number of halogens is 1. The van der Waals surface area contributed by atoms with E-state index in [1.165, 1.54) is 25.7 Å². The van der Waals surface area contributed by atoms with Crippen LogP contribution in [0.2, 0.25) is 0 Å². The van der Waals surface area contributed by atoms with Crippen LogP contribution in [0, 0.1) is 0 Å². The molecule has 0 bridgehead atoms. The second-order valence-corrected chi connectivity index (χ2v) is 8.12. The molecular formula is C26H37ClN2O4. The molecule has 1 aliphatic heterocycles. The van der Waals surface area contributed by atoms with Crippen molar-refractivity contribution in [2.75, 3.05) is 38.2 Å². The minimum Gasteiger partial charge on any atom is -0.491 e. The number of unbranched alkanes of at least 4 members (excludes halogenated alkanes) is 5. The quantitative estimate of drug-likeness (QED) is 0.365. The molecule has 7 heteroatoms. The molecule has 2 aromatic rings. The summed E-state index contributed by atoms with van der Waals surface area (Å²) in [5.41, 5.74) is 1.60. The highest BCUT2D eigenvalue weighted by Crippen LogP contribution is 2.26. The maximum absolute atomic E-state index is 12.6. The standard InChI is InChI=1S/C26H36N2O4.ClH/c1-2-3-4-5-6-11-18-31-25-15-10-8-13-23(25)27-26(29)32-24-14-9-7-12-22(24)21-28-16-19-30-20-17-28;/h7-10,12-15H,2-6,11,16-21H2,1H3,(H,27,29);1H. The Morgan fingerprint density at radius 2 is 1.61 bits per heavy atom. The van der Waals surface area contributed by atoms with Gasteiger partial charge in [-0.3, -0.25) is 10.2 Å². The van der Waals surface area contributed by atoms with Crippen molar-refractivity contribution in [2.45, 2.75) is 52.0 Å². The number of nitrogens with one attached hydrogen (secondary N) is 1. The van der Waals surface area contributed by atoms with Crippen LogP contribution in [0.25, 0.3) is 0 Å². The van der Waals surface area contributed by atoms with Crippen molar-refractivity contribution in [2.24, 2.45) is 0 Å². The summed E-state index contributed by atoms with van der Waals surface area (Å²) in [6.45, 7) is 6.82. The number of anilines is 1. The number of hydrogen-bond donors (Lipinski definition) is 1. The summed E-state index contributed by atoms with van der Waals surface area (Å²) < 4.78 is 17.0. The van der Waals surface area contributed by atoms with Crippen LogP contribution in [-0.2, 0) is 11.3 Å². The highest BCUT2D eigenvalue weighted by atomic mass is 35.5. The van der Waals surface area contributed by atoms with E-state index in [1.54, 1.807) is 0 Å². The van der Waals surface area contributed by atoms with E-state index in [0.29, 0.717) is 23.8 Å². The van der Waals surface area contributed by atoms with Gasteiger partial charge in [-0.25, -0.2) is 4.79 Å². The van der Waals surface area contributed by atoms with Crippen molar-refractivity contribution >= 4 is 24.2 Å². The highest BCUT2D eigenvalue weighted by molar-refractivity contribution is 5.88. The van der Waals surface area contributed by atoms with Gasteiger partial charge in [-0.15, -0.1) is 12.4 Å². The number of carbonyl (C=O) groups excluding carboxylic acids is 1. The summed E-state index contributed by atoms with van der Waals surface area (Å²) in [5.74, 6) is 1.24. The van der Waals surface area contributed by atoms with E-state index in [4.69, 9.17) is 14.2 Å². The van der Waals surface area contributed by atoms with Crippen LogP contribution in [0.4, 0.5) is 10.5 Å². The number of para-hydroxylation sites is 3. The van der Waals surface area contributed by atoms with Crippen molar-refractivity contribution in [1.82, 2.24) is 4.90 Å². The second kappa shape index (κ2) is 15.5. The molecular weight excluding hydrogens is 440 g/mol. The van der Waals surface area contributed by atoms with E-state index in [2.05, 4.69) is 17.1 Å². The van der Waals surface area contributed by atoms with Crippen LogP contribution in [0.15, 0.2) is 48.5 Å². The number of benzene rings is 2. The Kier molecular flexibility index (Phi) is 12.7. The lowest BCUT2D eigenvalue weighted by molar-refractivity contribution is 0.0339. The molecule has 1 N–H and O–H groups in total. The normalized spacial score (nSPS) is 13.7. The molecule has 2 aromatic carbocycles. The van der Waals surface area contributed by atoms with Gasteiger partial charge >= 0.3 is 6.09 Å². The van der Waals surface area contributed by atoms with Crippen molar-refractivity contribution in [3.8, 4) is 11.5 Å². The Morgan fingerprint density at radius 1 is 0.939 bits per heavy atom. The fraction of sp³-hybridized carbons (Fsp3) is 0.500. The zero-order valence-electron chi connectivity index (χ0n) is 19.6. The molecule has 33 heavy (non-hydrogen) atoms. The summed E-state index contributed by atoms with van der Waals surface area (Å²) in [6.07, 6.45) is 6.74. The van der Waals surface area contributed by atoms with Crippen LogP contribution in [0.3, 0.4) is 0 Å². The molecule has 0 atom stereocenters. The Balaban J connectivity index is 0.00000385. The third-order valence-corrected chi connectivity index (χ3v) is 5.55. The second-order valence-electron chi connectivity index (χ2n) is 8.12. The third-order valence-electron chi connectivity index (χ3n) is 5.55. The Bertz CT molecular complexity index is 827. The Hall–Kier alpha value is -2.28. The number of morpholine rings is 1. The minimum atomic E-state index is -0.518. The smallest absolute Gasteiger partial charge is 0.417 e. The molecule has 0 aromatic heterocycles. The number of rotatable bonds is 12. The Labute approximate surface area is 204 Å². The summed E-state index contributed by atoms with van der Waals surface area (Å²) >= 11 is 0. The van der Waals surface area contributed by atoms with Crippen molar-refractivity contribution in [3.05, 3.63) is 54.1 Å². The molecule has 6 nitrogen and oxygen atoms in total. The van der Waals surface area contributed by atoms with Gasteiger partial charge in [-0.05, 0) is 24.6 Å². The first kappa shape index (κ1) is 27.0. The number of amides is 1. The van der Waals surface area contributed by atoms with E-state index >= 15 is 0 Å². The summed E-state index contributed by atoms with van der Waals surface area (Å²) in [7, 11) is 0. The maximum Gasteiger partial charge on any atom is 0.417 e. The molecule has 0 radical (unpaired) electrons. The molecule has 0 spiro atoms. The van der Waals surface area contributed by atoms with Crippen LogP contribution in [0.5, 0.6) is 11.5 Å². The molecule has 1 heterocycles. The average Bonchev–Trinajstić information content (AvgIpc) is 2.81. The van der Waals surface area contributed by atoms with Crippen LogP contribution >= 0.6 is 12.4 Å². The van der Waals surface area contributed by atoms with Crippen LogP contribution < -0.4 is 14.8 Å². The summed E-state index contributed by atoms with van der Waals surface area (Å²) in [6, 6.07) is 15.2. The fourth-order valence-electron chi connectivity index (χ4n) is 3.73. The average molecular weight is 477 g/mol. The molecule has 1 amide bonds. The molecule has 0 aliphatic carbocycles. The highest BCUT2D eigenvalue weighted by Gasteiger charge is 2.16. The van der Waals surface area contributed by atoms with Gasteiger partial charge in [0.1, 0.15) is 11.5 Å². The Morgan fingerprint density at radius 3 is 2.39 bits per heavy atom. The summed E-state index contributed by atoms with van der Waals surface area (Å²) in [5, 5.41) is 2.84. The van der Waals surface area contributed by atoms with Gasteiger partial charge in [-0.1, -0.05) is 69.4 Å². The van der Waals surface area contributed by atoms with E-state index in [1.807, 2.05) is 48.5 Å². The lowest BCUT2D eigenvalue weighted by Gasteiger charge is -2.27. The predicted molar refractivity (Wildman–Crippen MR) is 135 cm³/mol. The number of carbonyl (C=O) groups is 1. The van der Waals surface area contributed by atoms with E-state index in [-0.39, 0.29) is 12.4 Å². The molecule has 182 valence electrons. The van der Waals surface area contributed by atoms with Crippen molar-refractivity contribution < 1.29 is 19.0 Å². The van der Waals surface area contributed by atoms with Gasteiger partial charge < -0.3 is 14.2 Å². The zero-order chi connectivity index (χ0) is 22.4. The maximum atomic E-state index is 12.6. The lowest BCUT2D eigenvalue weighted by atomic mass is 10.1. The lowest BCUT2D eigenvalue weighted by Crippen LogP contribution is -2.35. The first-order valence-electron chi connectivity index (χ1n) is 11.8. The SMILES string of the molecule is CCCCCCCCOc1ccccc1NC(=O)Oc1ccccc1CN1CCOCC1.Cl. The topological polar surface area (TPSA) is 60.0 Å². The third kappa shape index (κ3) is 9.62. The number of ether oxygens (including phenoxy) is 3. The zero-order valence-corrected chi connectivity index (χ0v) is 20.4. The number of nitrogens with zero attached hydrogens (tertiary/aromatic N) is 1. The van der Waals surface area contributed by atoms with Crippen LogP contribution in [0.1, 0.15) is 51.0 Å². The van der Waals surface area contributed by atoms with Gasteiger partial charge in [-0.2, -0.15) is 0 Å². The number of hydrogen-bond acceptors (Lipinski definition) is 5. The largest absolute Gasteiger partial charge is 0.491 e. The first-order chi connectivity index (χ1) is 15.8. The van der Waals surface area contributed by atoms with Gasteiger partial charge in [0.15, 0.2) is 0 Å². The monoisotopic (exact) mass is 476 g/mol. The van der Waals surface area contributed by atoms with Gasteiger partial charge in [0.2, 0.25) is 0 Å². The molecule has 0 unspecified atom stereocenters. The first-order valence-corrected chi connectivity index (χ1v) is 11.8. The van der Waals surface area contributed by atoms with Gasteiger partial charge in [0.05, 0.1) is 25.5 Å². The van der Waals surface area contributed by atoms with E-state index < -0.39 is 6.09 Å². The van der Waals surface area contributed by atoms with Crippen molar-refractivity contribution in [3.63, 3.8) is 0 Å². The molecule has 0 saturated carbocycles. The van der Waals surface area contributed by atoms with Gasteiger partial charge in [0, 0.05) is 25.2 Å². The minimum absolute atomic E-state index is 0. The van der Waals surface area contributed by atoms with Crippen LogP contribution in [-0.4, -0.2) is 43.9 Å². The molecule has 3 rings (SSSR count).